The summed E-state index contributed by atoms with van der Waals surface area (Å²) in [7, 11) is 0. The van der Waals surface area contributed by atoms with Crippen molar-refractivity contribution in [1.29, 1.82) is 0 Å². The van der Waals surface area contributed by atoms with Crippen LogP contribution < -0.4 is 5.32 Å². The third-order valence-corrected chi connectivity index (χ3v) is 4.16. The maximum absolute atomic E-state index is 5.56. The third kappa shape index (κ3) is 4.69. The molecule has 1 saturated heterocycles. The van der Waals surface area contributed by atoms with Crippen molar-refractivity contribution in [2.75, 3.05) is 13.1 Å². The molecule has 118 valence electrons. The van der Waals surface area contributed by atoms with Crippen molar-refractivity contribution in [1.82, 2.24) is 15.2 Å². The van der Waals surface area contributed by atoms with Gasteiger partial charge >= 0.3 is 0 Å². The summed E-state index contributed by atoms with van der Waals surface area (Å²) in [5.74, 6) is 0.737. The number of aromatic nitrogens is 1. The zero-order valence-electron chi connectivity index (χ0n) is 12.1. The first-order valence-electron chi connectivity index (χ1n) is 6.67. The van der Waals surface area contributed by atoms with E-state index in [1.807, 2.05) is 17.5 Å². The van der Waals surface area contributed by atoms with Gasteiger partial charge in [-0.15, -0.1) is 36.2 Å². The molecular weight excluding hydrogens is 329 g/mol. The molecule has 2 unspecified atom stereocenters. The molecule has 1 aliphatic heterocycles. The highest BCUT2D eigenvalue weighted by Gasteiger charge is 2.21. The molecule has 7 heteroatoms. The fourth-order valence-corrected chi connectivity index (χ4v) is 3.35. The van der Waals surface area contributed by atoms with Crippen LogP contribution in [0.4, 0.5) is 0 Å². The molecule has 4 nitrogen and oxygen atoms in total. The first kappa shape index (κ1) is 18.5. The Morgan fingerprint density at radius 1 is 1.33 bits per heavy atom. The van der Waals surface area contributed by atoms with Gasteiger partial charge in [-0.3, -0.25) is 4.90 Å². The van der Waals surface area contributed by atoms with Gasteiger partial charge in [-0.1, -0.05) is 6.07 Å². The van der Waals surface area contributed by atoms with E-state index in [1.54, 1.807) is 17.6 Å². The predicted octanol–water partition coefficient (Wildman–Crippen LogP) is 3.43. The minimum absolute atomic E-state index is 0. The largest absolute Gasteiger partial charge is 0.444 e. The zero-order valence-corrected chi connectivity index (χ0v) is 14.6. The lowest BCUT2D eigenvalue weighted by Gasteiger charge is -2.35. The van der Waals surface area contributed by atoms with Gasteiger partial charge in [-0.2, -0.15) is 0 Å². The molecule has 3 rings (SSSR count). The maximum atomic E-state index is 5.56. The molecule has 1 fully saturated rings. The number of hydrogen-bond acceptors (Lipinski definition) is 5. The number of piperazine rings is 1. The van der Waals surface area contributed by atoms with Crippen LogP contribution in [0.15, 0.2) is 28.2 Å². The van der Waals surface area contributed by atoms with Gasteiger partial charge in [0, 0.05) is 31.7 Å². The van der Waals surface area contributed by atoms with Crippen molar-refractivity contribution in [3.8, 4) is 10.8 Å². The average molecular weight is 350 g/mol. The zero-order chi connectivity index (χ0) is 13.2. The number of nitrogens with one attached hydrogen (secondary N) is 1. The highest BCUT2D eigenvalue weighted by molar-refractivity contribution is 7.13. The van der Waals surface area contributed by atoms with E-state index < -0.39 is 0 Å². The average Bonchev–Trinajstić information content (AvgIpc) is 2.96. The van der Waals surface area contributed by atoms with Crippen LogP contribution in [0.2, 0.25) is 0 Å². The standard InChI is InChI=1S/C14H19N3OS.2ClH/c1-10-6-17(7-11(2)15-10)8-12-9-18-14(16-12)13-4-3-5-19-13;;/h3-5,9-11,15H,6-8H2,1-2H3;2*1H. The molecule has 0 spiro atoms. The summed E-state index contributed by atoms with van der Waals surface area (Å²) >= 11 is 1.66. The quantitative estimate of drug-likeness (QED) is 0.921. The monoisotopic (exact) mass is 349 g/mol. The second-order valence-corrected chi connectivity index (χ2v) is 6.23. The first-order chi connectivity index (χ1) is 9.20. The summed E-state index contributed by atoms with van der Waals surface area (Å²) in [6.07, 6.45) is 1.78. The van der Waals surface area contributed by atoms with Gasteiger partial charge in [0.1, 0.15) is 6.26 Å². The number of oxazole rings is 1. The van der Waals surface area contributed by atoms with Gasteiger partial charge in [0.25, 0.3) is 0 Å². The number of hydrogen-bond donors (Lipinski definition) is 1. The van der Waals surface area contributed by atoms with Crippen LogP contribution in [0.5, 0.6) is 0 Å². The number of halogens is 2. The van der Waals surface area contributed by atoms with Crippen molar-refractivity contribution in [2.45, 2.75) is 32.5 Å². The lowest BCUT2D eigenvalue weighted by molar-refractivity contribution is 0.165. The molecular formula is C14H21Cl2N3OS. The summed E-state index contributed by atoms with van der Waals surface area (Å²) in [6.45, 7) is 7.44. The van der Waals surface area contributed by atoms with Gasteiger partial charge in [-0.05, 0) is 25.3 Å². The summed E-state index contributed by atoms with van der Waals surface area (Å²) in [6, 6.07) is 5.12. The summed E-state index contributed by atoms with van der Waals surface area (Å²) < 4.78 is 5.56. The van der Waals surface area contributed by atoms with Crippen molar-refractivity contribution < 1.29 is 4.42 Å². The molecule has 0 aromatic carbocycles. The molecule has 0 amide bonds. The Morgan fingerprint density at radius 2 is 2.05 bits per heavy atom. The minimum Gasteiger partial charge on any atom is -0.444 e. The Hall–Kier alpha value is -0.590. The molecule has 1 aliphatic rings. The highest BCUT2D eigenvalue weighted by Crippen LogP contribution is 2.24. The van der Waals surface area contributed by atoms with Crippen LogP contribution in [0.1, 0.15) is 19.5 Å². The second kappa shape index (κ2) is 8.15. The van der Waals surface area contributed by atoms with E-state index in [4.69, 9.17) is 4.42 Å². The molecule has 0 aliphatic carbocycles. The Kier molecular flexibility index (Phi) is 7.16. The van der Waals surface area contributed by atoms with Crippen molar-refractivity contribution in [3.63, 3.8) is 0 Å². The molecule has 21 heavy (non-hydrogen) atoms. The Labute approximate surface area is 141 Å². The van der Waals surface area contributed by atoms with E-state index in [-0.39, 0.29) is 24.8 Å². The lowest BCUT2D eigenvalue weighted by Crippen LogP contribution is -2.53. The third-order valence-electron chi connectivity index (χ3n) is 3.30. The predicted molar refractivity (Wildman–Crippen MR) is 91.6 cm³/mol. The summed E-state index contributed by atoms with van der Waals surface area (Å²) in [5, 5.41) is 5.58. The molecule has 2 aromatic heterocycles. The van der Waals surface area contributed by atoms with Crippen LogP contribution in [0.25, 0.3) is 10.8 Å². The number of rotatable bonds is 3. The molecule has 2 aromatic rings. The fourth-order valence-electron chi connectivity index (χ4n) is 2.69. The Morgan fingerprint density at radius 3 is 2.67 bits per heavy atom. The van der Waals surface area contributed by atoms with E-state index >= 15 is 0 Å². The van der Waals surface area contributed by atoms with Crippen LogP contribution in [-0.2, 0) is 6.54 Å². The maximum Gasteiger partial charge on any atom is 0.236 e. The van der Waals surface area contributed by atoms with E-state index in [0.29, 0.717) is 12.1 Å². The van der Waals surface area contributed by atoms with Crippen molar-refractivity contribution in [2.24, 2.45) is 0 Å². The fraction of sp³-hybridized carbons (Fsp3) is 0.500. The molecule has 2 atom stereocenters. The Balaban J connectivity index is 0.00000110. The van der Waals surface area contributed by atoms with E-state index in [1.165, 1.54) is 0 Å². The van der Waals surface area contributed by atoms with Crippen molar-refractivity contribution in [3.05, 3.63) is 29.5 Å². The van der Waals surface area contributed by atoms with Gasteiger partial charge in [0.15, 0.2) is 0 Å². The topological polar surface area (TPSA) is 41.3 Å². The van der Waals surface area contributed by atoms with Crippen molar-refractivity contribution >= 4 is 36.2 Å². The van der Waals surface area contributed by atoms with E-state index in [2.05, 4.69) is 29.0 Å². The summed E-state index contributed by atoms with van der Waals surface area (Å²) in [5.41, 5.74) is 1.02. The number of thiophene rings is 1. The van der Waals surface area contributed by atoms with Gasteiger partial charge in [0.2, 0.25) is 5.89 Å². The second-order valence-electron chi connectivity index (χ2n) is 5.28. The van der Waals surface area contributed by atoms with Crippen LogP contribution >= 0.6 is 36.2 Å². The molecule has 1 N–H and O–H groups in total. The van der Waals surface area contributed by atoms with Crippen LogP contribution in [0, 0.1) is 0 Å². The van der Waals surface area contributed by atoms with Gasteiger partial charge in [0.05, 0.1) is 10.6 Å². The van der Waals surface area contributed by atoms with Crippen LogP contribution in [-0.4, -0.2) is 35.1 Å². The molecule has 0 radical (unpaired) electrons. The van der Waals surface area contributed by atoms with E-state index in [9.17, 15) is 0 Å². The lowest BCUT2D eigenvalue weighted by atomic mass is 10.1. The Bertz CT molecular complexity index is 522. The first-order valence-corrected chi connectivity index (χ1v) is 7.55. The molecule has 0 bridgehead atoms. The van der Waals surface area contributed by atoms with Gasteiger partial charge < -0.3 is 9.73 Å². The summed E-state index contributed by atoms with van der Waals surface area (Å²) in [4.78, 5) is 8.10. The smallest absolute Gasteiger partial charge is 0.236 e. The normalized spacial score (nSPS) is 22.4. The number of nitrogens with zero attached hydrogens (tertiary/aromatic N) is 2. The molecule has 0 saturated carbocycles. The highest BCUT2D eigenvalue weighted by atomic mass is 35.5. The minimum atomic E-state index is 0. The van der Waals surface area contributed by atoms with E-state index in [0.717, 1.165) is 36.1 Å². The molecule has 3 heterocycles. The van der Waals surface area contributed by atoms with Crippen LogP contribution in [0.3, 0.4) is 0 Å². The van der Waals surface area contributed by atoms with Gasteiger partial charge in [-0.25, -0.2) is 4.98 Å². The SMILES string of the molecule is CC1CN(Cc2coc(-c3cccs3)n2)CC(C)N1.Cl.Cl.